The van der Waals surface area contributed by atoms with Crippen LogP contribution in [-0.2, 0) is 14.8 Å². The molecule has 0 aliphatic carbocycles. The third-order valence-electron chi connectivity index (χ3n) is 5.42. The number of halogens is 4. The van der Waals surface area contributed by atoms with Crippen molar-refractivity contribution < 1.29 is 26.4 Å². The second-order valence-corrected chi connectivity index (χ2v) is 11.1. The van der Waals surface area contributed by atoms with E-state index in [0.717, 1.165) is 9.54 Å². The Morgan fingerprint density at radius 1 is 1.18 bits per heavy atom. The van der Waals surface area contributed by atoms with E-state index in [-0.39, 0.29) is 27.9 Å². The molecule has 0 saturated heterocycles. The highest BCUT2D eigenvalue weighted by Crippen LogP contribution is 2.33. The number of hydrogen-bond acceptors (Lipinski definition) is 8. The fourth-order valence-electron chi connectivity index (χ4n) is 3.49. The maximum Gasteiger partial charge on any atom is 0.405 e. The lowest BCUT2D eigenvalue weighted by Gasteiger charge is -2.17. The first-order valence-corrected chi connectivity index (χ1v) is 13.2. The van der Waals surface area contributed by atoms with Crippen LogP contribution in [0, 0.1) is 6.92 Å². The first kappa shape index (κ1) is 27.3. The van der Waals surface area contributed by atoms with E-state index in [2.05, 4.69) is 36.2 Å². The predicted octanol–water partition coefficient (Wildman–Crippen LogP) is 3.86. The topological polar surface area (TPSA) is 145 Å². The Morgan fingerprint density at radius 3 is 2.53 bits per heavy atom. The van der Waals surface area contributed by atoms with Gasteiger partial charge in [0, 0.05) is 27.8 Å². The van der Waals surface area contributed by atoms with E-state index in [1.807, 2.05) is 6.92 Å². The van der Waals surface area contributed by atoms with Crippen LogP contribution in [0.1, 0.15) is 12.5 Å². The first-order chi connectivity index (χ1) is 17.8. The molecule has 0 radical (unpaired) electrons. The average molecular weight is 612 g/mol. The molecule has 15 heteroatoms. The largest absolute Gasteiger partial charge is 0.405 e. The summed E-state index contributed by atoms with van der Waals surface area (Å²) < 4.78 is 65.9. The summed E-state index contributed by atoms with van der Waals surface area (Å²) in [7, 11) is -4.05. The number of nitrogens with one attached hydrogen (secondary N) is 2. The number of hydrogen-bond donors (Lipinski definition) is 3. The molecule has 0 spiro atoms. The van der Waals surface area contributed by atoms with Crippen LogP contribution in [0.4, 0.5) is 24.7 Å². The lowest BCUT2D eigenvalue weighted by Crippen LogP contribution is -2.42. The highest BCUT2D eigenvalue weighted by molar-refractivity contribution is 9.10. The van der Waals surface area contributed by atoms with Crippen molar-refractivity contribution >= 4 is 54.4 Å². The van der Waals surface area contributed by atoms with E-state index < -0.39 is 34.7 Å². The number of nitrogens with two attached hydrogens (primary N) is 1. The van der Waals surface area contributed by atoms with E-state index in [4.69, 9.17) is 5.73 Å². The maximum absolute atomic E-state index is 13.5. The highest BCUT2D eigenvalue weighted by atomic mass is 79.9. The molecule has 1 unspecified atom stereocenters. The molecule has 0 bridgehead atoms. The van der Waals surface area contributed by atoms with Crippen LogP contribution in [0.25, 0.3) is 22.4 Å². The van der Waals surface area contributed by atoms with Gasteiger partial charge in [0.25, 0.3) is 10.0 Å². The molecule has 4 rings (SSSR count). The number of carbonyl (C=O) groups is 1. The summed E-state index contributed by atoms with van der Waals surface area (Å²) in [5, 5.41) is 4.87. The van der Waals surface area contributed by atoms with Crippen LogP contribution in [0.15, 0.2) is 58.3 Å². The second-order valence-electron chi connectivity index (χ2n) is 8.38. The molecular formula is C23H21BrF3N7O3S. The van der Waals surface area contributed by atoms with Gasteiger partial charge in [-0.1, -0.05) is 17.7 Å². The number of aromatic nitrogens is 4. The minimum Gasteiger partial charge on any atom is -0.394 e. The van der Waals surface area contributed by atoms with E-state index in [1.165, 1.54) is 37.6 Å². The summed E-state index contributed by atoms with van der Waals surface area (Å²) in [6.45, 7) is 1.69. The Bertz CT molecular complexity index is 1620. The normalized spacial score (nSPS) is 12.9. The van der Waals surface area contributed by atoms with Gasteiger partial charge in [-0.3, -0.25) is 4.79 Å². The molecular weight excluding hydrogens is 591 g/mol. The molecule has 3 heterocycles. The summed E-state index contributed by atoms with van der Waals surface area (Å²) >= 11 is 3.34. The van der Waals surface area contributed by atoms with Crippen LogP contribution in [0.2, 0.25) is 0 Å². The van der Waals surface area contributed by atoms with Crippen LogP contribution in [0.3, 0.4) is 0 Å². The smallest absolute Gasteiger partial charge is 0.394 e. The van der Waals surface area contributed by atoms with Crippen LogP contribution >= 0.6 is 15.9 Å². The number of rotatable bonds is 7. The van der Waals surface area contributed by atoms with Crippen molar-refractivity contribution in [3.8, 4) is 11.4 Å². The molecule has 1 atom stereocenters. The predicted molar refractivity (Wildman–Crippen MR) is 139 cm³/mol. The summed E-state index contributed by atoms with van der Waals surface area (Å²) in [6.07, 6.45) is -0.542. The van der Waals surface area contributed by atoms with E-state index in [9.17, 15) is 26.4 Å². The molecule has 1 aromatic carbocycles. The minimum absolute atomic E-state index is 0.0186. The van der Waals surface area contributed by atoms with Gasteiger partial charge in [0.1, 0.15) is 12.6 Å². The monoisotopic (exact) mass is 611 g/mol. The molecule has 4 N–H and O–H groups in total. The van der Waals surface area contributed by atoms with E-state index in [0.29, 0.717) is 15.4 Å². The van der Waals surface area contributed by atoms with Crippen LogP contribution in [0.5, 0.6) is 0 Å². The number of anilines is 2. The summed E-state index contributed by atoms with van der Waals surface area (Å²) in [5.41, 5.74) is 7.27. The van der Waals surface area contributed by atoms with Gasteiger partial charge in [0.15, 0.2) is 17.3 Å². The molecule has 200 valence electrons. The number of aryl methyl sites for hydroxylation is 1. The Morgan fingerprint density at radius 2 is 1.87 bits per heavy atom. The van der Waals surface area contributed by atoms with Gasteiger partial charge in [0.05, 0.1) is 16.8 Å². The fraction of sp³-hybridized carbons (Fsp3) is 0.217. The van der Waals surface area contributed by atoms with Crippen molar-refractivity contribution in [1.29, 1.82) is 0 Å². The third kappa shape index (κ3) is 5.72. The van der Waals surface area contributed by atoms with Gasteiger partial charge in [-0.05, 0) is 48.0 Å². The first-order valence-electron chi connectivity index (χ1n) is 11.0. The molecule has 10 nitrogen and oxygen atoms in total. The number of nitrogen functional groups attached to an aromatic ring is 1. The SMILES string of the molecule is Cc1ccc(S(=O)(=O)n2cc(-c3ncc(N)c(NC(C)C(=O)NCC(F)(F)F)n3)c3cc(Br)cnc32)cc1. The molecule has 1 amide bonds. The lowest BCUT2D eigenvalue weighted by molar-refractivity contribution is -0.138. The van der Waals surface area contributed by atoms with Gasteiger partial charge >= 0.3 is 6.18 Å². The van der Waals surface area contributed by atoms with E-state index in [1.54, 1.807) is 23.5 Å². The summed E-state index contributed by atoms with van der Waals surface area (Å²) in [4.78, 5) is 25.0. The van der Waals surface area contributed by atoms with Crippen LogP contribution < -0.4 is 16.4 Å². The van der Waals surface area contributed by atoms with Crippen molar-refractivity contribution in [1.82, 2.24) is 24.2 Å². The molecule has 0 aliphatic rings. The Kier molecular flexibility index (Phi) is 7.34. The van der Waals surface area contributed by atoms with Gasteiger partial charge in [-0.25, -0.2) is 27.3 Å². The standard InChI is InChI=1S/C23H21BrF3N7O3S/c1-12-3-5-15(6-4-12)38(36,37)34-10-17(16-7-14(24)8-30-21(16)34)19-29-9-18(28)20(33-19)32-13(2)22(35)31-11-23(25,26)27/h3-10,13H,11,28H2,1-2H3,(H,31,35)(H,29,32,33). The van der Waals surface area contributed by atoms with Gasteiger partial charge < -0.3 is 16.4 Å². The summed E-state index contributed by atoms with van der Waals surface area (Å²) in [6, 6.07) is 6.86. The Balaban J connectivity index is 1.75. The number of alkyl halides is 3. The second kappa shape index (κ2) is 10.2. The molecule has 4 aromatic rings. The highest BCUT2D eigenvalue weighted by Gasteiger charge is 2.29. The zero-order chi connectivity index (χ0) is 27.8. The lowest BCUT2D eigenvalue weighted by atomic mass is 10.2. The van der Waals surface area contributed by atoms with Crippen molar-refractivity contribution in [2.24, 2.45) is 0 Å². The number of benzene rings is 1. The maximum atomic E-state index is 13.5. The molecule has 0 aliphatic heterocycles. The number of amides is 1. The minimum atomic E-state index is -4.56. The van der Waals surface area contributed by atoms with Gasteiger partial charge in [-0.15, -0.1) is 0 Å². The quantitative estimate of drug-likeness (QED) is 0.286. The Hall–Kier alpha value is -3.72. The molecule has 0 saturated carbocycles. The zero-order valence-electron chi connectivity index (χ0n) is 19.9. The molecule has 0 fully saturated rings. The fourth-order valence-corrected chi connectivity index (χ4v) is 5.14. The third-order valence-corrected chi connectivity index (χ3v) is 7.52. The summed E-state index contributed by atoms with van der Waals surface area (Å²) in [5.74, 6) is -0.891. The van der Waals surface area contributed by atoms with Crippen LogP contribution in [-0.4, -0.2) is 52.0 Å². The van der Waals surface area contributed by atoms with Crippen molar-refractivity contribution in [2.75, 3.05) is 17.6 Å². The average Bonchev–Trinajstić information content (AvgIpc) is 3.23. The van der Waals surface area contributed by atoms with Crippen molar-refractivity contribution in [3.63, 3.8) is 0 Å². The number of nitrogens with zero attached hydrogens (tertiary/aromatic N) is 4. The number of fused-ring (bicyclic) bond motifs is 1. The van der Waals surface area contributed by atoms with Gasteiger partial charge in [-0.2, -0.15) is 13.2 Å². The van der Waals surface area contributed by atoms with Crippen molar-refractivity contribution in [2.45, 2.75) is 31.0 Å². The van der Waals surface area contributed by atoms with Gasteiger partial charge in [0.2, 0.25) is 5.91 Å². The number of carbonyl (C=O) groups excluding carboxylic acids is 1. The number of pyridine rings is 1. The molecule has 3 aromatic heterocycles. The Labute approximate surface area is 223 Å². The molecule has 38 heavy (non-hydrogen) atoms. The van der Waals surface area contributed by atoms with Crippen molar-refractivity contribution in [3.05, 3.63) is 59.0 Å². The van der Waals surface area contributed by atoms with E-state index >= 15 is 0 Å². The zero-order valence-corrected chi connectivity index (χ0v) is 22.3.